The molecule has 1 atom stereocenters. The molecule has 1 aromatic rings. The van der Waals surface area contributed by atoms with Gasteiger partial charge in [-0.2, -0.15) is 0 Å². The van der Waals surface area contributed by atoms with Crippen LogP contribution >= 0.6 is 0 Å². The van der Waals surface area contributed by atoms with E-state index in [0.29, 0.717) is 0 Å². The van der Waals surface area contributed by atoms with Crippen molar-refractivity contribution in [3.8, 4) is 0 Å². The molecule has 0 spiro atoms. The first-order valence-electron chi connectivity index (χ1n) is 7.60. The Morgan fingerprint density at radius 1 is 1.29 bits per heavy atom. The zero-order valence-electron chi connectivity index (χ0n) is 13.1. The van der Waals surface area contributed by atoms with Gasteiger partial charge in [-0.1, -0.05) is 50.1 Å². The van der Waals surface area contributed by atoms with Gasteiger partial charge in [0.05, 0.1) is 5.92 Å². The molecule has 2 rings (SSSR count). The summed E-state index contributed by atoms with van der Waals surface area (Å²) in [5.74, 6) is -0.252. The molecular weight excluding hydrogens is 262 g/mol. The van der Waals surface area contributed by atoms with Crippen molar-refractivity contribution in [2.24, 2.45) is 5.92 Å². The van der Waals surface area contributed by atoms with Crippen LogP contribution in [0.25, 0.3) is 5.57 Å². The van der Waals surface area contributed by atoms with Crippen molar-refractivity contribution in [2.75, 3.05) is 14.1 Å². The molecule has 0 bridgehead atoms. The molecule has 0 unspecified atom stereocenters. The van der Waals surface area contributed by atoms with Gasteiger partial charge in [-0.05, 0) is 17.6 Å². The fraction of sp³-hybridized carbons (Fsp3) is 0.444. The van der Waals surface area contributed by atoms with Crippen LogP contribution in [0.3, 0.4) is 0 Å². The molecule has 0 saturated carbocycles. The summed E-state index contributed by atoms with van der Waals surface area (Å²) in [6.07, 6.45) is 5.61. The standard InChI is InChI=1S/C18H23NO2/c1-4-5-6-9-14-13-10-7-8-11-15(13)17(20)12-16(14)18(21)19(2)3/h7-11,16H,4-6,12H2,1-3H3/b14-9-/t16-/m0/s1. The van der Waals surface area contributed by atoms with Crippen molar-refractivity contribution in [2.45, 2.75) is 32.6 Å². The maximum atomic E-state index is 12.4. The maximum absolute atomic E-state index is 12.4. The maximum Gasteiger partial charge on any atom is 0.230 e. The van der Waals surface area contributed by atoms with E-state index in [4.69, 9.17) is 0 Å². The van der Waals surface area contributed by atoms with Gasteiger partial charge in [0, 0.05) is 26.1 Å². The third-order valence-electron chi connectivity index (χ3n) is 3.96. The second-order valence-corrected chi connectivity index (χ2v) is 5.76. The SMILES string of the molecule is CCCC/C=C1/c2ccccc2C(=O)C[C@@H]1C(=O)N(C)C. The lowest BCUT2D eigenvalue weighted by atomic mass is 9.77. The lowest BCUT2D eigenvalue weighted by molar-refractivity contribution is -0.131. The lowest BCUT2D eigenvalue weighted by Gasteiger charge is -2.28. The van der Waals surface area contributed by atoms with Crippen LogP contribution in [0.2, 0.25) is 0 Å². The zero-order valence-corrected chi connectivity index (χ0v) is 13.1. The monoisotopic (exact) mass is 285 g/mol. The Hall–Kier alpha value is -1.90. The molecule has 1 aromatic carbocycles. The van der Waals surface area contributed by atoms with Crippen LogP contribution in [0.4, 0.5) is 0 Å². The second kappa shape index (κ2) is 6.70. The molecule has 21 heavy (non-hydrogen) atoms. The zero-order chi connectivity index (χ0) is 15.4. The van der Waals surface area contributed by atoms with Crippen molar-refractivity contribution >= 4 is 17.3 Å². The number of ketones is 1. The summed E-state index contributed by atoms with van der Waals surface area (Å²) in [7, 11) is 3.49. The van der Waals surface area contributed by atoms with Crippen LogP contribution in [-0.4, -0.2) is 30.7 Å². The molecule has 0 radical (unpaired) electrons. The summed E-state index contributed by atoms with van der Waals surface area (Å²) >= 11 is 0. The van der Waals surface area contributed by atoms with Crippen molar-refractivity contribution < 1.29 is 9.59 Å². The van der Waals surface area contributed by atoms with Crippen LogP contribution in [0.15, 0.2) is 30.3 Å². The van der Waals surface area contributed by atoms with Crippen molar-refractivity contribution in [3.05, 3.63) is 41.5 Å². The average Bonchev–Trinajstić information content (AvgIpc) is 2.48. The number of rotatable bonds is 4. The highest BCUT2D eigenvalue weighted by Crippen LogP contribution is 2.36. The summed E-state index contributed by atoms with van der Waals surface area (Å²) in [6, 6.07) is 7.64. The van der Waals surface area contributed by atoms with Gasteiger partial charge >= 0.3 is 0 Å². The number of unbranched alkanes of at least 4 members (excludes halogenated alkanes) is 2. The minimum absolute atomic E-state index is 0.0144. The molecule has 3 nitrogen and oxygen atoms in total. The Balaban J connectivity index is 2.45. The highest BCUT2D eigenvalue weighted by atomic mass is 16.2. The summed E-state index contributed by atoms with van der Waals surface area (Å²) in [6.45, 7) is 2.15. The molecule has 0 aromatic heterocycles. The fourth-order valence-electron chi connectivity index (χ4n) is 2.82. The van der Waals surface area contributed by atoms with E-state index < -0.39 is 0 Å². The number of amides is 1. The molecule has 0 saturated heterocycles. The number of nitrogens with zero attached hydrogens (tertiary/aromatic N) is 1. The quantitative estimate of drug-likeness (QED) is 0.793. The predicted octanol–water partition coefficient (Wildman–Crippen LogP) is 3.55. The Morgan fingerprint density at radius 3 is 2.57 bits per heavy atom. The Labute approximate surface area is 126 Å². The minimum atomic E-state index is -0.334. The van der Waals surface area contributed by atoms with Crippen LogP contribution in [-0.2, 0) is 4.79 Å². The summed E-state index contributed by atoms with van der Waals surface area (Å²) in [5.41, 5.74) is 2.71. The molecule has 3 heteroatoms. The van der Waals surface area contributed by atoms with Crippen LogP contribution < -0.4 is 0 Å². The van der Waals surface area contributed by atoms with Gasteiger partial charge in [0.15, 0.2) is 5.78 Å². The molecule has 0 heterocycles. The van der Waals surface area contributed by atoms with E-state index in [-0.39, 0.29) is 24.0 Å². The Bertz CT molecular complexity index is 572. The van der Waals surface area contributed by atoms with E-state index in [2.05, 4.69) is 13.0 Å². The normalized spacial score (nSPS) is 19.5. The van der Waals surface area contributed by atoms with E-state index in [1.54, 1.807) is 19.0 Å². The van der Waals surface area contributed by atoms with E-state index in [9.17, 15) is 9.59 Å². The van der Waals surface area contributed by atoms with Gasteiger partial charge in [0.25, 0.3) is 0 Å². The summed E-state index contributed by atoms with van der Waals surface area (Å²) < 4.78 is 0. The third kappa shape index (κ3) is 3.23. The van der Waals surface area contributed by atoms with Crippen molar-refractivity contribution in [3.63, 3.8) is 0 Å². The number of carbonyl (C=O) groups excluding carboxylic acids is 2. The number of fused-ring (bicyclic) bond motifs is 1. The number of Topliss-reactive ketones (excluding diaryl/α,β-unsaturated/α-hetero) is 1. The first-order chi connectivity index (χ1) is 10.1. The van der Waals surface area contributed by atoms with Gasteiger partial charge in [-0.3, -0.25) is 9.59 Å². The van der Waals surface area contributed by atoms with E-state index >= 15 is 0 Å². The third-order valence-corrected chi connectivity index (χ3v) is 3.96. The molecule has 1 aliphatic carbocycles. The van der Waals surface area contributed by atoms with E-state index in [1.807, 2.05) is 24.3 Å². The number of allylic oxidation sites excluding steroid dienone is 1. The molecule has 0 aliphatic heterocycles. The fourth-order valence-corrected chi connectivity index (χ4v) is 2.82. The van der Waals surface area contributed by atoms with Crippen molar-refractivity contribution in [1.29, 1.82) is 0 Å². The first-order valence-corrected chi connectivity index (χ1v) is 7.60. The molecular formula is C18H23NO2. The summed E-state index contributed by atoms with van der Waals surface area (Å²) in [5, 5.41) is 0. The largest absolute Gasteiger partial charge is 0.348 e. The topological polar surface area (TPSA) is 37.4 Å². The minimum Gasteiger partial charge on any atom is -0.348 e. The Kier molecular flexibility index (Phi) is 4.94. The van der Waals surface area contributed by atoms with Gasteiger partial charge in [-0.15, -0.1) is 0 Å². The highest BCUT2D eigenvalue weighted by Gasteiger charge is 2.34. The number of benzene rings is 1. The molecule has 0 N–H and O–H groups in total. The van der Waals surface area contributed by atoms with Crippen molar-refractivity contribution in [1.82, 2.24) is 4.90 Å². The van der Waals surface area contributed by atoms with Gasteiger partial charge < -0.3 is 4.90 Å². The van der Waals surface area contributed by atoms with Gasteiger partial charge in [-0.25, -0.2) is 0 Å². The van der Waals surface area contributed by atoms with Gasteiger partial charge in [0.2, 0.25) is 5.91 Å². The van der Waals surface area contributed by atoms with Crippen LogP contribution in [0, 0.1) is 5.92 Å². The first kappa shape index (κ1) is 15.5. The number of hydrogen-bond acceptors (Lipinski definition) is 2. The number of carbonyl (C=O) groups is 2. The molecule has 112 valence electrons. The predicted molar refractivity (Wildman–Crippen MR) is 85.1 cm³/mol. The summed E-state index contributed by atoms with van der Waals surface area (Å²) in [4.78, 5) is 26.3. The van der Waals surface area contributed by atoms with Crippen LogP contribution in [0.1, 0.15) is 48.5 Å². The average molecular weight is 285 g/mol. The second-order valence-electron chi connectivity index (χ2n) is 5.76. The number of hydrogen-bond donors (Lipinski definition) is 0. The Morgan fingerprint density at radius 2 is 1.95 bits per heavy atom. The van der Waals surface area contributed by atoms with E-state index in [0.717, 1.165) is 36.0 Å². The molecule has 1 aliphatic rings. The van der Waals surface area contributed by atoms with Gasteiger partial charge in [0.1, 0.15) is 0 Å². The lowest BCUT2D eigenvalue weighted by Crippen LogP contribution is -2.34. The highest BCUT2D eigenvalue weighted by molar-refractivity contribution is 6.09. The molecule has 1 amide bonds. The van der Waals surface area contributed by atoms with Crippen LogP contribution in [0.5, 0.6) is 0 Å². The van der Waals surface area contributed by atoms with E-state index in [1.165, 1.54) is 0 Å². The smallest absolute Gasteiger partial charge is 0.230 e. The molecule has 0 fully saturated rings.